The predicted octanol–water partition coefficient (Wildman–Crippen LogP) is 2.74. The van der Waals surface area contributed by atoms with Crippen LogP contribution in [-0.4, -0.2) is 37.6 Å². The molecule has 1 unspecified atom stereocenters. The Balaban J connectivity index is 1.30. The van der Waals surface area contributed by atoms with Crippen molar-refractivity contribution in [3.63, 3.8) is 0 Å². The van der Waals surface area contributed by atoms with Gasteiger partial charge in [-0.15, -0.1) is 0 Å². The Labute approximate surface area is 160 Å². The first-order valence-corrected chi connectivity index (χ1v) is 9.17. The maximum Gasteiger partial charge on any atom is 0.287 e. The lowest BCUT2D eigenvalue weighted by Gasteiger charge is -2.22. The molecule has 0 radical (unpaired) electrons. The molecule has 2 aliphatic heterocycles. The van der Waals surface area contributed by atoms with Gasteiger partial charge in [-0.05, 0) is 24.3 Å². The van der Waals surface area contributed by atoms with E-state index in [4.69, 9.17) is 13.9 Å². The monoisotopic (exact) mass is 378 g/mol. The molecule has 7 nitrogen and oxygen atoms in total. The van der Waals surface area contributed by atoms with Crippen LogP contribution in [0.2, 0.25) is 0 Å². The molecule has 1 atom stereocenters. The van der Waals surface area contributed by atoms with Crippen LogP contribution in [-0.2, 0) is 4.79 Å². The van der Waals surface area contributed by atoms with E-state index in [-0.39, 0.29) is 30.0 Å². The molecule has 142 valence electrons. The molecule has 2 aromatic carbocycles. The van der Waals surface area contributed by atoms with E-state index >= 15 is 0 Å². The van der Waals surface area contributed by atoms with Crippen molar-refractivity contribution in [3.8, 4) is 11.5 Å². The summed E-state index contributed by atoms with van der Waals surface area (Å²) in [6.07, 6.45) is 0.237. The Morgan fingerprint density at radius 3 is 2.71 bits per heavy atom. The minimum atomic E-state index is -0.321. The third-order valence-corrected chi connectivity index (χ3v) is 4.95. The average molecular weight is 378 g/mol. The molecule has 0 bridgehead atoms. The fraction of sp³-hybridized carbons (Fsp3) is 0.238. The molecule has 3 heterocycles. The van der Waals surface area contributed by atoms with Crippen LogP contribution in [0.4, 0.5) is 5.69 Å². The van der Waals surface area contributed by atoms with Crippen LogP contribution in [0.5, 0.6) is 11.5 Å². The number of ether oxygens (including phenoxy) is 2. The maximum absolute atomic E-state index is 12.5. The van der Waals surface area contributed by atoms with Crippen molar-refractivity contribution in [2.45, 2.75) is 12.5 Å². The first-order valence-electron chi connectivity index (χ1n) is 9.17. The Bertz CT molecular complexity index is 1040. The molecule has 1 fully saturated rings. The second-order valence-corrected chi connectivity index (χ2v) is 6.86. The Kier molecular flexibility index (Phi) is 3.93. The zero-order valence-electron chi connectivity index (χ0n) is 15.0. The molecule has 5 rings (SSSR count). The third kappa shape index (κ3) is 2.94. The van der Waals surface area contributed by atoms with Crippen molar-refractivity contribution in [2.75, 3.05) is 24.7 Å². The first-order chi connectivity index (χ1) is 13.7. The standard InChI is InChI=1S/C21H18N2O5/c24-20-10-14(22-21(25)19-9-13-3-1-2-4-16(13)28-19)12-23(20)15-5-6-17-18(11-15)27-8-7-26-17/h1-6,9,11,14H,7-8,10,12H2,(H,22,25). The van der Waals surface area contributed by atoms with Crippen molar-refractivity contribution in [3.05, 3.63) is 54.3 Å². The average Bonchev–Trinajstić information content (AvgIpc) is 3.31. The summed E-state index contributed by atoms with van der Waals surface area (Å²) in [7, 11) is 0. The lowest BCUT2D eigenvalue weighted by Crippen LogP contribution is -2.37. The van der Waals surface area contributed by atoms with Gasteiger partial charge in [0.2, 0.25) is 5.91 Å². The van der Waals surface area contributed by atoms with Crippen LogP contribution in [0.15, 0.2) is 52.9 Å². The van der Waals surface area contributed by atoms with Crippen molar-refractivity contribution in [1.29, 1.82) is 0 Å². The summed E-state index contributed by atoms with van der Waals surface area (Å²) in [5, 5.41) is 3.77. The van der Waals surface area contributed by atoms with Crippen LogP contribution >= 0.6 is 0 Å². The number of anilines is 1. The van der Waals surface area contributed by atoms with Crippen LogP contribution in [0.3, 0.4) is 0 Å². The molecule has 1 saturated heterocycles. The number of carbonyl (C=O) groups excluding carboxylic acids is 2. The molecule has 2 amide bonds. The zero-order valence-corrected chi connectivity index (χ0v) is 15.0. The van der Waals surface area contributed by atoms with Gasteiger partial charge in [-0.25, -0.2) is 0 Å². The number of fused-ring (bicyclic) bond motifs is 2. The van der Waals surface area contributed by atoms with Crippen molar-refractivity contribution in [1.82, 2.24) is 5.32 Å². The second-order valence-electron chi connectivity index (χ2n) is 6.86. The smallest absolute Gasteiger partial charge is 0.287 e. The zero-order chi connectivity index (χ0) is 19.1. The van der Waals surface area contributed by atoms with Crippen LogP contribution in [0, 0.1) is 0 Å². The van der Waals surface area contributed by atoms with Gasteiger partial charge in [0.25, 0.3) is 5.91 Å². The van der Waals surface area contributed by atoms with E-state index in [9.17, 15) is 9.59 Å². The first kappa shape index (κ1) is 16.7. The highest BCUT2D eigenvalue weighted by molar-refractivity contribution is 5.99. The number of hydrogen-bond donors (Lipinski definition) is 1. The van der Waals surface area contributed by atoms with Gasteiger partial charge < -0.3 is 24.1 Å². The minimum Gasteiger partial charge on any atom is -0.486 e. The van der Waals surface area contributed by atoms with Gasteiger partial charge in [0, 0.05) is 30.1 Å². The van der Waals surface area contributed by atoms with Gasteiger partial charge in [0.15, 0.2) is 17.3 Å². The predicted molar refractivity (Wildman–Crippen MR) is 102 cm³/mol. The largest absolute Gasteiger partial charge is 0.486 e. The van der Waals surface area contributed by atoms with E-state index < -0.39 is 0 Å². The van der Waals surface area contributed by atoms with Crippen LogP contribution in [0.1, 0.15) is 17.0 Å². The highest BCUT2D eigenvalue weighted by atomic mass is 16.6. The second kappa shape index (κ2) is 6.60. The molecular weight excluding hydrogens is 360 g/mol. The molecule has 0 saturated carbocycles. The topological polar surface area (TPSA) is 81.0 Å². The molecule has 1 aromatic heterocycles. The number of furan rings is 1. The number of para-hydroxylation sites is 1. The summed E-state index contributed by atoms with van der Waals surface area (Å²) in [4.78, 5) is 26.7. The number of hydrogen-bond acceptors (Lipinski definition) is 5. The maximum atomic E-state index is 12.5. The summed E-state index contributed by atoms with van der Waals surface area (Å²) in [6.45, 7) is 1.40. The fourth-order valence-electron chi connectivity index (χ4n) is 3.60. The third-order valence-electron chi connectivity index (χ3n) is 4.95. The number of amides is 2. The van der Waals surface area contributed by atoms with E-state index in [1.807, 2.05) is 30.3 Å². The van der Waals surface area contributed by atoms with Gasteiger partial charge in [-0.3, -0.25) is 9.59 Å². The molecule has 3 aromatic rings. The minimum absolute atomic E-state index is 0.0495. The molecule has 7 heteroatoms. The van der Waals surface area contributed by atoms with Gasteiger partial charge in [0.05, 0.1) is 6.04 Å². The molecule has 0 aliphatic carbocycles. The molecular formula is C21H18N2O5. The van der Waals surface area contributed by atoms with Gasteiger partial charge in [0.1, 0.15) is 18.8 Å². The normalized spacial score (nSPS) is 18.5. The number of benzene rings is 2. The van der Waals surface area contributed by atoms with E-state index in [0.717, 1.165) is 11.1 Å². The van der Waals surface area contributed by atoms with Gasteiger partial charge in [-0.2, -0.15) is 0 Å². The van der Waals surface area contributed by atoms with Crippen LogP contribution < -0.4 is 19.7 Å². The van der Waals surface area contributed by atoms with E-state index in [1.165, 1.54) is 0 Å². The summed E-state index contributed by atoms with van der Waals surface area (Å²) in [5.74, 6) is 1.18. The highest BCUT2D eigenvalue weighted by Gasteiger charge is 2.33. The van der Waals surface area contributed by atoms with Crippen molar-refractivity contribution < 1.29 is 23.5 Å². The SMILES string of the molecule is O=C(NC1CC(=O)N(c2ccc3c(c2)OCCO3)C1)c1cc2ccccc2o1. The van der Waals surface area contributed by atoms with Crippen LogP contribution in [0.25, 0.3) is 11.0 Å². The quantitative estimate of drug-likeness (QED) is 0.758. The number of nitrogens with one attached hydrogen (secondary N) is 1. The highest BCUT2D eigenvalue weighted by Crippen LogP contribution is 2.35. The lowest BCUT2D eigenvalue weighted by molar-refractivity contribution is -0.117. The van der Waals surface area contributed by atoms with E-state index in [1.54, 1.807) is 23.1 Å². The Morgan fingerprint density at radius 2 is 1.86 bits per heavy atom. The lowest BCUT2D eigenvalue weighted by atomic mass is 10.2. The molecule has 2 aliphatic rings. The van der Waals surface area contributed by atoms with Gasteiger partial charge >= 0.3 is 0 Å². The summed E-state index contributed by atoms with van der Waals surface area (Å²) < 4.78 is 16.7. The summed E-state index contributed by atoms with van der Waals surface area (Å²) in [5.41, 5.74) is 1.39. The van der Waals surface area contributed by atoms with Crippen molar-refractivity contribution >= 4 is 28.5 Å². The molecule has 1 N–H and O–H groups in total. The Hall–Kier alpha value is -3.48. The van der Waals surface area contributed by atoms with Crippen molar-refractivity contribution in [2.24, 2.45) is 0 Å². The summed E-state index contributed by atoms with van der Waals surface area (Å²) >= 11 is 0. The molecule has 0 spiro atoms. The number of rotatable bonds is 3. The van der Waals surface area contributed by atoms with E-state index in [0.29, 0.717) is 36.8 Å². The number of carbonyl (C=O) groups is 2. The fourth-order valence-corrected chi connectivity index (χ4v) is 3.60. The summed E-state index contributed by atoms with van der Waals surface area (Å²) in [6, 6.07) is 14.3. The number of nitrogens with zero attached hydrogens (tertiary/aromatic N) is 1. The van der Waals surface area contributed by atoms with Gasteiger partial charge in [-0.1, -0.05) is 18.2 Å². The molecule has 28 heavy (non-hydrogen) atoms. The Morgan fingerprint density at radius 1 is 1.04 bits per heavy atom. The van der Waals surface area contributed by atoms with E-state index in [2.05, 4.69) is 5.32 Å².